The number of hydrogen-bond acceptors (Lipinski definition) is 3. The highest BCUT2D eigenvalue weighted by molar-refractivity contribution is 7.80. The smallest absolute Gasteiger partial charge is 0.174 e. The summed E-state index contributed by atoms with van der Waals surface area (Å²) >= 11 is 5.81. The second-order valence-corrected chi connectivity index (χ2v) is 8.37. The Hall–Kier alpha value is -3.64. The number of phenols is 1. The number of rotatable bonds is 4. The number of aromatic hydroxyl groups is 1. The molecule has 0 bridgehead atoms. The number of nitrogens with one attached hydrogen (secondary N) is 1. The molecular weight excluding hydrogens is 416 g/mol. The van der Waals surface area contributed by atoms with Gasteiger partial charge in [0.2, 0.25) is 0 Å². The Morgan fingerprint density at radius 3 is 2.38 bits per heavy atom. The zero-order chi connectivity index (χ0) is 22.2. The van der Waals surface area contributed by atoms with E-state index in [0.29, 0.717) is 5.11 Å². The average Bonchev–Trinajstić information content (AvgIpc) is 3.31. The lowest BCUT2D eigenvalue weighted by Gasteiger charge is -2.28. The van der Waals surface area contributed by atoms with Crippen LogP contribution in [0.1, 0.15) is 34.7 Å². The van der Waals surface area contributed by atoms with Crippen LogP contribution in [-0.4, -0.2) is 19.8 Å². The number of aromatic nitrogens is 2. The molecule has 5 nitrogen and oxygen atoms in total. The van der Waals surface area contributed by atoms with Crippen molar-refractivity contribution in [1.82, 2.24) is 14.9 Å². The summed E-state index contributed by atoms with van der Waals surface area (Å²) < 4.78 is 2.10. The summed E-state index contributed by atoms with van der Waals surface area (Å²) in [5.41, 5.74) is 5.97. The van der Waals surface area contributed by atoms with Crippen LogP contribution >= 0.6 is 12.2 Å². The van der Waals surface area contributed by atoms with Gasteiger partial charge in [-0.15, -0.1) is 0 Å². The van der Waals surface area contributed by atoms with Crippen LogP contribution < -0.4 is 10.2 Å². The zero-order valence-electron chi connectivity index (χ0n) is 17.9. The Labute approximate surface area is 193 Å². The van der Waals surface area contributed by atoms with Crippen molar-refractivity contribution in [3.8, 4) is 11.4 Å². The number of nitrogens with zero attached hydrogens (tertiary/aromatic N) is 3. The topological polar surface area (TPSA) is 53.3 Å². The van der Waals surface area contributed by atoms with Gasteiger partial charge in [0.1, 0.15) is 5.75 Å². The lowest BCUT2D eigenvalue weighted by atomic mass is 9.96. The molecule has 160 valence electrons. The van der Waals surface area contributed by atoms with Crippen LogP contribution in [0.3, 0.4) is 0 Å². The van der Waals surface area contributed by atoms with Gasteiger partial charge >= 0.3 is 0 Å². The monoisotopic (exact) mass is 440 g/mol. The molecule has 3 heterocycles. The molecule has 5 rings (SSSR count). The fourth-order valence-electron chi connectivity index (χ4n) is 4.65. The number of benzene rings is 2. The minimum Gasteiger partial charge on any atom is -0.506 e. The van der Waals surface area contributed by atoms with E-state index in [0.717, 1.165) is 34.0 Å². The summed E-state index contributed by atoms with van der Waals surface area (Å²) in [6.45, 7) is 4.15. The Morgan fingerprint density at radius 2 is 1.66 bits per heavy atom. The first kappa shape index (κ1) is 20.3. The van der Waals surface area contributed by atoms with Gasteiger partial charge in [-0.3, -0.25) is 4.98 Å². The average molecular weight is 441 g/mol. The molecule has 4 aromatic rings. The van der Waals surface area contributed by atoms with Gasteiger partial charge < -0.3 is 19.9 Å². The fraction of sp³-hybridized carbons (Fsp3) is 0.154. The predicted octanol–water partition coefficient (Wildman–Crippen LogP) is 5.37. The first-order chi connectivity index (χ1) is 15.6. The van der Waals surface area contributed by atoms with Crippen molar-refractivity contribution in [2.24, 2.45) is 0 Å². The summed E-state index contributed by atoms with van der Waals surface area (Å²) in [6.07, 6.45) is 1.81. The van der Waals surface area contributed by atoms with E-state index in [-0.39, 0.29) is 17.8 Å². The summed E-state index contributed by atoms with van der Waals surface area (Å²) in [4.78, 5) is 6.81. The Morgan fingerprint density at radius 1 is 0.938 bits per heavy atom. The molecule has 1 aliphatic heterocycles. The van der Waals surface area contributed by atoms with Crippen molar-refractivity contribution in [1.29, 1.82) is 0 Å². The van der Waals surface area contributed by atoms with Gasteiger partial charge in [-0.2, -0.15) is 0 Å². The van der Waals surface area contributed by atoms with Gasteiger partial charge in [0.05, 0.1) is 23.5 Å². The minimum absolute atomic E-state index is 0.0920. The maximum absolute atomic E-state index is 10.5. The molecule has 0 unspecified atom stereocenters. The molecule has 1 fully saturated rings. The number of para-hydroxylation sites is 3. The summed E-state index contributed by atoms with van der Waals surface area (Å²) in [6, 6.07) is 25.6. The molecule has 0 spiro atoms. The molecule has 0 amide bonds. The molecule has 0 radical (unpaired) electrons. The minimum atomic E-state index is -0.109. The van der Waals surface area contributed by atoms with E-state index in [2.05, 4.69) is 51.8 Å². The van der Waals surface area contributed by atoms with E-state index >= 15 is 0 Å². The van der Waals surface area contributed by atoms with Crippen LogP contribution in [0.5, 0.6) is 5.75 Å². The highest BCUT2D eigenvalue weighted by Crippen LogP contribution is 2.44. The highest BCUT2D eigenvalue weighted by atomic mass is 32.1. The molecule has 0 saturated carbocycles. The number of hydrogen-bond donors (Lipinski definition) is 2. The van der Waals surface area contributed by atoms with Crippen LogP contribution in [0.2, 0.25) is 0 Å². The van der Waals surface area contributed by atoms with Crippen molar-refractivity contribution >= 4 is 23.0 Å². The van der Waals surface area contributed by atoms with Crippen LogP contribution in [0, 0.1) is 13.8 Å². The summed E-state index contributed by atoms with van der Waals surface area (Å²) in [5.74, 6) is 0.252. The molecule has 2 aromatic carbocycles. The van der Waals surface area contributed by atoms with Crippen LogP contribution in [0.15, 0.2) is 85.1 Å². The maximum atomic E-state index is 10.5. The number of anilines is 1. The summed E-state index contributed by atoms with van der Waals surface area (Å²) in [5, 5.41) is 14.7. The van der Waals surface area contributed by atoms with Crippen molar-refractivity contribution in [2.45, 2.75) is 25.9 Å². The Bertz CT molecular complexity index is 1270. The molecule has 32 heavy (non-hydrogen) atoms. The predicted molar refractivity (Wildman–Crippen MR) is 131 cm³/mol. The normalized spacial score (nSPS) is 18.1. The Kier molecular flexibility index (Phi) is 5.15. The molecule has 2 N–H and O–H groups in total. The molecule has 1 saturated heterocycles. The first-order valence-electron chi connectivity index (χ1n) is 10.6. The van der Waals surface area contributed by atoms with E-state index in [4.69, 9.17) is 12.2 Å². The van der Waals surface area contributed by atoms with Gasteiger partial charge in [0.25, 0.3) is 0 Å². The second kappa shape index (κ2) is 8.13. The van der Waals surface area contributed by atoms with Gasteiger partial charge in [-0.05, 0) is 74.1 Å². The standard InChI is InChI=1S/C26H24N4OS/c1-17-16-20(18(2)29(17)22-13-6-7-14-23(22)31)25-24(21-12-8-9-15-27-21)28-26(32)30(25)19-10-4-3-5-11-19/h3-16,24-25,31H,1-2H3,(H,28,32)/t24-,25+/m0/s1. The highest BCUT2D eigenvalue weighted by Gasteiger charge is 2.42. The third-order valence-electron chi connectivity index (χ3n) is 6.04. The molecule has 2 atom stereocenters. The van der Waals surface area contributed by atoms with Gasteiger partial charge in [0.15, 0.2) is 5.11 Å². The van der Waals surface area contributed by atoms with Gasteiger partial charge in [-0.1, -0.05) is 36.4 Å². The van der Waals surface area contributed by atoms with Crippen LogP contribution in [0.4, 0.5) is 5.69 Å². The van der Waals surface area contributed by atoms with Crippen molar-refractivity contribution in [3.05, 3.63) is 108 Å². The third kappa shape index (κ3) is 3.33. The van der Waals surface area contributed by atoms with E-state index < -0.39 is 0 Å². The Balaban J connectivity index is 1.70. The molecule has 6 heteroatoms. The quantitative estimate of drug-likeness (QED) is 0.418. The first-order valence-corrected chi connectivity index (χ1v) is 11.0. The second-order valence-electron chi connectivity index (χ2n) is 7.98. The van der Waals surface area contributed by atoms with Crippen molar-refractivity contribution in [3.63, 3.8) is 0 Å². The number of aryl methyl sites for hydroxylation is 1. The van der Waals surface area contributed by atoms with E-state index in [9.17, 15) is 5.11 Å². The molecule has 0 aliphatic carbocycles. The van der Waals surface area contributed by atoms with Crippen LogP contribution in [0.25, 0.3) is 5.69 Å². The lowest BCUT2D eigenvalue weighted by Crippen LogP contribution is -2.29. The SMILES string of the molecule is Cc1cc([C@@H]2[C@H](c3ccccn3)NC(=S)N2c2ccccc2)c(C)n1-c1ccccc1O. The lowest BCUT2D eigenvalue weighted by molar-refractivity contribution is 0.471. The van der Waals surface area contributed by atoms with Crippen molar-refractivity contribution < 1.29 is 5.11 Å². The van der Waals surface area contributed by atoms with Crippen molar-refractivity contribution in [2.75, 3.05) is 4.90 Å². The van der Waals surface area contributed by atoms with E-state index in [1.165, 1.54) is 0 Å². The largest absolute Gasteiger partial charge is 0.506 e. The fourth-order valence-corrected chi connectivity index (χ4v) is 4.99. The van der Waals surface area contributed by atoms with E-state index in [1.54, 1.807) is 6.07 Å². The van der Waals surface area contributed by atoms with E-state index in [1.807, 2.05) is 60.8 Å². The summed E-state index contributed by atoms with van der Waals surface area (Å²) in [7, 11) is 0. The third-order valence-corrected chi connectivity index (χ3v) is 6.36. The number of thiocarbonyl (C=S) groups is 1. The number of pyridine rings is 1. The molecule has 1 aliphatic rings. The number of phenolic OH excluding ortho intramolecular Hbond substituents is 1. The molecular formula is C26H24N4OS. The van der Waals surface area contributed by atoms with Gasteiger partial charge in [0, 0.05) is 23.3 Å². The van der Waals surface area contributed by atoms with Gasteiger partial charge in [-0.25, -0.2) is 0 Å². The maximum Gasteiger partial charge on any atom is 0.174 e. The molecule has 2 aromatic heterocycles. The van der Waals surface area contributed by atoms with Crippen LogP contribution in [-0.2, 0) is 0 Å². The zero-order valence-corrected chi connectivity index (χ0v) is 18.8.